The molecule has 0 radical (unpaired) electrons. The minimum atomic E-state index is -0.815. The second-order valence-electron chi connectivity index (χ2n) is 4.79. The largest absolute Gasteiger partial charge is 0.454 e. The summed E-state index contributed by atoms with van der Waals surface area (Å²) in [4.78, 5) is 35.0. The fourth-order valence-corrected chi connectivity index (χ4v) is 1.87. The molecule has 0 saturated carbocycles. The Morgan fingerprint density at radius 2 is 2.00 bits per heavy atom. The predicted octanol–water partition coefficient (Wildman–Crippen LogP) is 0.673. The van der Waals surface area contributed by atoms with Crippen LogP contribution in [0.2, 0.25) is 0 Å². The molecule has 128 valence electrons. The summed E-state index contributed by atoms with van der Waals surface area (Å²) in [5.74, 6) is -1.93. The number of hydrogen-bond donors (Lipinski definition) is 1. The van der Waals surface area contributed by atoms with Gasteiger partial charge in [0.05, 0.1) is 0 Å². The molecule has 0 aliphatic heterocycles. The Kier molecular flexibility index (Phi) is 4.69. The summed E-state index contributed by atoms with van der Waals surface area (Å²) in [6.07, 6.45) is 1.28. The lowest BCUT2D eigenvalue weighted by molar-refractivity contribution is -0.148. The van der Waals surface area contributed by atoms with Crippen LogP contribution in [0.5, 0.6) is 0 Å². The van der Waals surface area contributed by atoms with Gasteiger partial charge in [-0.2, -0.15) is 4.68 Å². The number of esters is 1. The molecule has 0 unspecified atom stereocenters. The van der Waals surface area contributed by atoms with Crippen molar-refractivity contribution >= 4 is 17.7 Å². The van der Waals surface area contributed by atoms with Crippen molar-refractivity contribution in [1.29, 1.82) is 0 Å². The summed E-state index contributed by atoms with van der Waals surface area (Å²) in [5.41, 5.74) is 0.596. The molecule has 0 atom stereocenters. The quantitative estimate of drug-likeness (QED) is 0.646. The molecule has 10 nitrogen and oxygen atoms in total. The highest BCUT2D eigenvalue weighted by atomic mass is 16.5. The number of nitrogens with zero attached hydrogens (tertiary/aromatic N) is 3. The van der Waals surface area contributed by atoms with E-state index in [9.17, 15) is 14.4 Å². The standard InChI is InChI=1S/C15H12N4O6/c20-12(16-11-6-7-24-18-11)9-23-13(21)8-19-15(22)25-14(17-19)10-4-2-1-3-5-10/h1-7H,8-9H2,(H,16,18,20). The second kappa shape index (κ2) is 7.25. The molecule has 0 spiro atoms. The van der Waals surface area contributed by atoms with Gasteiger partial charge in [-0.1, -0.05) is 23.4 Å². The first-order valence-electron chi connectivity index (χ1n) is 7.11. The van der Waals surface area contributed by atoms with E-state index in [-0.39, 0.29) is 11.7 Å². The zero-order valence-electron chi connectivity index (χ0n) is 12.7. The van der Waals surface area contributed by atoms with Crippen LogP contribution < -0.4 is 11.1 Å². The zero-order chi connectivity index (χ0) is 17.6. The minimum Gasteiger partial charge on any atom is -0.454 e. The molecule has 10 heteroatoms. The minimum absolute atomic E-state index is 0.0853. The first-order valence-corrected chi connectivity index (χ1v) is 7.11. The maximum absolute atomic E-state index is 11.7. The Morgan fingerprint density at radius 1 is 1.20 bits per heavy atom. The number of ether oxygens (including phenoxy) is 1. The van der Waals surface area contributed by atoms with Gasteiger partial charge in [0.1, 0.15) is 12.8 Å². The van der Waals surface area contributed by atoms with Gasteiger partial charge >= 0.3 is 11.7 Å². The summed E-state index contributed by atoms with van der Waals surface area (Å²) in [7, 11) is 0. The topological polar surface area (TPSA) is 129 Å². The van der Waals surface area contributed by atoms with Gasteiger partial charge in [0.15, 0.2) is 12.4 Å². The number of carbonyl (C=O) groups is 2. The van der Waals surface area contributed by atoms with E-state index >= 15 is 0 Å². The third kappa shape index (κ3) is 4.19. The van der Waals surface area contributed by atoms with E-state index in [1.165, 1.54) is 12.3 Å². The molecule has 0 aliphatic rings. The zero-order valence-corrected chi connectivity index (χ0v) is 12.7. The molecule has 3 rings (SSSR count). The first kappa shape index (κ1) is 16.2. The van der Waals surface area contributed by atoms with Crippen molar-refractivity contribution in [3.8, 4) is 11.5 Å². The number of aromatic nitrogens is 3. The second-order valence-corrected chi connectivity index (χ2v) is 4.79. The molecule has 1 aromatic carbocycles. The molecule has 2 aromatic heterocycles. The number of anilines is 1. The Labute approximate surface area is 140 Å². The fraction of sp³-hybridized carbons (Fsp3) is 0.133. The van der Waals surface area contributed by atoms with Crippen molar-refractivity contribution in [2.24, 2.45) is 0 Å². The average molecular weight is 344 g/mol. The van der Waals surface area contributed by atoms with Crippen molar-refractivity contribution in [3.63, 3.8) is 0 Å². The van der Waals surface area contributed by atoms with Crippen molar-refractivity contribution in [2.45, 2.75) is 6.54 Å². The summed E-state index contributed by atoms with van der Waals surface area (Å²) < 4.78 is 15.1. The van der Waals surface area contributed by atoms with Gasteiger partial charge in [-0.25, -0.2) is 4.79 Å². The maximum Gasteiger partial charge on any atom is 0.437 e. The summed E-state index contributed by atoms with van der Waals surface area (Å²) in [6, 6.07) is 10.2. The molecule has 1 N–H and O–H groups in total. The molecule has 1 amide bonds. The van der Waals surface area contributed by atoms with Crippen LogP contribution in [0.1, 0.15) is 0 Å². The molecule has 0 fully saturated rings. The third-order valence-corrected chi connectivity index (χ3v) is 2.98. The molecular formula is C15H12N4O6. The van der Waals surface area contributed by atoms with E-state index in [2.05, 4.69) is 20.1 Å². The van der Waals surface area contributed by atoms with Gasteiger partial charge in [0, 0.05) is 11.6 Å². The first-order chi connectivity index (χ1) is 12.1. The molecule has 0 aliphatic carbocycles. The molecule has 0 saturated heterocycles. The van der Waals surface area contributed by atoms with E-state index in [4.69, 9.17) is 9.15 Å². The summed E-state index contributed by atoms with van der Waals surface area (Å²) in [6.45, 7) is -1.02. The lowest BCUT2D eigenvalue weighted by Gasteiger charge is -2.03. The maximum atomic E-state index is 11.7. The van der Waals surface area contributed by atoms with Crippen LogP contribution in [-0.4, -0.2) is 33.4 Å². The summed E-state index contributed by atoms with van der Waals surface area (Å²) >= 11 is 0. The Balaban J connectivity index is 1.55. The lowest BCUT2D eigenvalue weighted by atomic mass is 10.2. The van der Waals surface area contributed by atoms with Crippen molar-refractivity contribution in [2.75, 3.05) is 11.9 Å². The molecule has 25 heavy (non-hydrogen) atoms. The smallest absolute Gasteiger partial charge is 0.437 e. The van der Waals surface area contributed by atoms with E-state index in [1.54, 1.807) is 30.3 Å². The van der Waals surface area contributed by atoms with Crippen LogP contribution >= 0.6 is 0 Å². The van der Waals surface area contributed by atoms with Gasteiger partial charge in [-0.3, -0.25) is 9.59 Å². The number of amides is 1. The van der Waals surface area contributed by atoms with Crippen molar-refractivity contribution in [1.82, 2.24) is 14.9 Å². The number of rotatable bonds is 6. The third-order valence-electron chi connectivity index (χ3n) is 2.98. The highest BCUT2D eigenvalue weighted by Crippen LogP contribution is 2.13. The lowest BCUT2D eigenvalue weighted by Crippen LogP contribution is -2.26. The van der Waals surface area contributed by atoms with Gasteiger partial charge in [0.25, 0.3) is 5.91 Å². The highest BCUT2D eigenvalue weighted by Gasteiger charge is 2.15. The molecule has 0 bridgehead atoms. The molecular weight excluding hydrogens is 332 g/mol. The number of benzene rings is 1. The Hall–Kier alpha value is -3.69. The van der Waals surface area contributed by atoms with Crippen LogP contribution in [0.15, 0.2) is 56.4 Å². The summed E-state index contributed by atoms with van der Waals surface area (Å²) in [5, 5.41) is 9.76. The van der Waals surface area contributed by atoms with Crippen LogP contribution in [0, 0.1) is 0 Å². The molecule has 3 aromatic rings. The van der Waals surface area contributed by atoms with Gasteiger partial charge < -0.3 is 19.0 Å². The Morgan fingerprint density at radius 3 is 2.72 bits per heavy atom. The predicted molar refractivity (Wildman–Crippen MR) is 82.3 cm³/mol. The van der Waals surface area contributed by atoms with Gasteiger partial charge in [-0.05, 0) is 12.1 Å². The van der Waals surface area contributed by atoms with Crippen LogP contribution in [0.4, 0.5) is 5.82 Å². The van der Waals surface area contributed by atoms with Crippen molar-refractivity contribution in [3.05, 3.63) is 53.2 Å². The number of carbonyl (C=O) groups excluding carboxylic acids is 2. The monoisotopic (exact) mass is 344 g/mol. The SMILES string of the molecule is O=C(COC(=O)Cn1nc(-c2ccccc2)oc1=O)Nc1ccon1. The average Bonchev–Trinajstić information content (AvgIpc) is 3.24. The van der Waals surface area contributed by atoms with Gasteiger partial charge in [-0.15, -0.1) is 5.10 Å². The van der Waals surface area contributed by atoms with Gasteiger partial charge in [0.2, 0.25) is 5.89 Å². The van der Waals surface area contributed by atoms with Crippen LogP contribution in [-0.2, 0) is 20.9 Å². The normalized spacial score (nSPS) is 10.4. The van der Waals surface area contributed by atoms with Crippen LogP contribution in [0.25, 0.3) is 11.5 Å². The van der Waals surface area contributed by atoms with E-state index in [0.29, 0.717) is 5.56 Å². The fourth-order valence-electron chi connectivity index (χ4n) is 1.87. The number of hydrogen-bond acceptors (Lipinski definition) is 8. The van der Waals surface area contributed by atoms with Crippen LogP contribution in [0.3, 0.4) is 0 Å². The van der Waals surface area contributed by atoms with E-state index < -0.39 is 30.8 Å². The number of nitrogens with one attached hydrogen (secondary N) is 1. The van der Waals surface area contributed by atoms with E-state index in [0.717, 1.165) is 4.68 Å². The highest BCUT2D eigenvalue weighted by molar-refractivity contribution is 5.91. The van der Waals surface area contributed by atoms with E-state index in [1.807, 2.05) is 0 Å². The Bertz CT molecular complexity index is 913. The van der Waals surface area contributed by atoms with Crippen molar-refractivity contribution < 1.29 is 23.3 Å². The molecule has 2 heterocycles.